The first kappa shape index (κ1) is 8.13. The van der Waals surface area contributed by atoms with Crippen LogP contribution in [0.3, 0.4) is 0 Å². The lowest BCUT2D eigenvalue weighted by Gasteiger charge is -2.00. The number of fused-ring (bicyclic) bond motifs is 1. The number of nitrogens with two attached hydrogens (primary N) is 1. The smallest absolute Gasteiger partial charge is 0.131 e. The summed E-state index contributed by atoms with van der Waals surface area (Å²) in [6, 6.07) is 6.61. The van der Waals surface area contributed by atoms with Crippen molar-refractivity contribution in [1.82, 2.24) is 4.98 Å². The summed E-state index contributed by atoms with van der Waals surface area (Å²) in [6.45, 7) is 0.338. The number of pyridine rings is 1. The van der Waals surface area contributed by atoms with Gasteiger partial charge in [-0.05, 0) is 12.1 Å². The monoisotopic (exact) mass is 176 g/mol. The zero-order valence-electron chi connectivity index (χ0n) is 7.00. The van der Waals surface area contributed by atoms with Crippen molar-refractivity contribution in [3.05, 3.63) is 42.0 Å². The fraction of sp³-hybridized carbons (Fsp3) is 0.100. The van der Waals surface area contributed by atoms with Gasteiger partial charge in [0.15, 0.2) is 0 Å². The van der Waals surface area contributed by atoms with E-state index in [-0.39, 0.29) is 5.82 Å². The second-order valence-electron chi connectivity index (χ2n) is 2.84. The molecule has 0 amide bonds. The highest BCUT2D eigenvalue weighted by molar-refractivity contribution is 5.82. The fourth-order valence-electron chi connectivity index (χ4n) is 1.29. The molecule has 0 saturated carbocycles. The van der Waals surface area contributed by atoms with E-state index in [2.05, 4.69) is 4.98 Å². The van der Waals surface area contributed by atoms with Crippen molar-refractivity contribution in [2.45, 2.75) is 6.54 Å². The highest BCUT2D eigenvalue weighted by atomic mass is 19.1. The largest absolute Gasteiger partial charge is 0.325 e. The van der Waals surface area contributed by atoms with Crippen LogP contribution >= 0.6 is 0 Å². The van der Waals surface area contributed by atoms with Gasteiger partial charge in [-0.2, -0.15) is 0 Å². The standard InChI is InChI=1S/C10H9FN2/c11-10-3-1-2-7-6-13-8(5-12)4-9(7)10/h1-4,6H,5,12H2. The Labute approximate surface area is 75.2 Å². The molecule has 0 aliphatic heterocycles. The first-order chi connectivity index (χ1) is 6.31. The van der Waals surface area contributed by atoms with Gasteiger partial charge in [0, 0.05) is 23.5 Å². The third-order valence-corrected chi connectivity index (χ3v) is 1.98. The summed E-state index contributed by atoms with van der Waals surface area (Å²) < 4.78 is 13.2. The lowest BCUT2D eigenvalue weighted by molar-refractivity contribution is 0.639. The minimum Gasteiger partial charge on any atom is -0.325 e. The molecule has 2 aromatic rings. The number of hydrogen-bond acceptors (Lipinski definition) is 2. The Morgan fingerprint density at radius 3 is 3.00 bits per heavy atom. The molecular weight excluding hydrogens is 167 g/mol. The van der Waals surface area contributed by atoms with Gasteiger partial charge in [-0.1, -0.05) is 12.1 Å². The molecule has 0 bridgehead atoms. The van der Waals surface area contributed by atoms with E-state index in [4.69, 9.17) is 5.73 Å². The van der Waals surface area contributed by atoms with Crippen LogP contribution in [0.4, 0.5) is 4.39 Å². The van der Waals surface area contributed by atoms with Crippen molar-refractivity contribution in [3.8, 4) is 0 Å². The molecule has 2 rings (SSSR count). The number of rotatable bonds is 1. The minimum atomic E-state index is -0.227. The van der Waals surface area contributed by atoms with Gasteiger partial charge in [-0.3, -0.25) is 4.98 Å². The number of benzene rings is 1. The van der Waals surface area contributed by atoms with E-state index >= 15 is 0 Å². The minimum absolute atomic E-state index is 0.227. The van der Waals surface area contributed by atoms with Gasteiger partial charge in [0.1, 0.15) is 5.82 Å². The number of nitrogens with zero attached hydrogens (tertiary/aromatic N) is 1. The molecular formula is C10H9FN2. The first-order valence-electron chi connectivity index (χ1n) is 4.04. The Bertz CT molecular complexity index is 440. The summed E-state index contributed by atoms with van der Waals surface area (Å²) in [5, 5.41) is 1.38. The van der Waals surface area contributed by atoms with Crippen LogP contribution in [0.5, 0.6) is 0 Å². The number of halogens is 1. The molecule has 1 aromatic heterocycles. The predicted octanol–water partition coefficient (Wildman–Crippen LogP) is 1.83. The normalized spacial score (nSPS) is 10.6. The Balaban J connectivity index is 2.74. The number of hydrogen-bond donors (Lipinski definition) is 1. The topological polar surface area (TPSA) is 38.9 Å². The van der Waals surface area contributed by atoms with Crippen LogP contribution < -0.4 is 5.73 Å². The van der Waals surface area contributed by atoms with Crippen molar-refractivity contribution in [3.63, 3.8) is 0 Å². The Morgan fingerprint density at radius 1 is 1.38 bits per heavy atom. The molecule has 0 radical (unpaired) electrons. The second kappa shape index (κ2) is 3.11. The van der Waals surface area contributed by atoms with E-state index in [1.165, 1.54) is 6.07 Å². The average molecular weight is 176 g/mol. The predicted molar refractivity (Wildman–Crippen MR) is 49.6 cm³/mol. The summed E-state index contributed by atoms with van der Waals surface area (Å²) in [5.74, 6) is -0.227. The van der Waals surface area contributed by atoms with Crippen molar-refractivity contribution >= 4 is 10.8 Å². The van der Waals surface area contributed by atoms with Gasteiger partial charge < -0.3 is 5.73 Å². The van der Waals surface area contributed by atoms with Crippen LogP contribution in [0.25, 0.3) is 10.8 Å². The molecule has 0 atom stereocenters. The SMILES string of the molecule is NCc1cc2c(F)cccc2cn1. The molecule has 0 aliphatic carbocycles. The summed E-state index contributed by atoms with van der Waals surface area (Å²) in [4.78, 5) is 4.07. The van der Waals surface area contributed by atoms with E-state index in [0.29, 0.717) is 17.6 Å². The fourth-order valence-corrected chi connectivity index (χ4v) is 1.29. The Kier molecular flexibility index (Phi) is 1.94. The van der Waals surface area contributed by atoms with Gasteiger partial charge in [0.2, 0.25) is 0 Å². The second-order valence-corrected chi connectivity index (χ2v) is 2.84. The molecule has 1 aromatic carbocycles. The first-order valence-corrected chi connectivity index (χ1v) is 4.04. The Morgan fingerprint density at radius 2 is 2.23 bits per heavy atom. The molecule has 0 spiro atoms. The molecule has 0 unspecified atom stereocenters. The van der Waals surface area contributed by atoms with Crippen LogP contribution in [-0.4, -0.2) is 4.98 Å². The average Bonchev–Trinajstić information content (AvgIpc) is 2.18. The van der Waals surface area contributed by atoms with E-state index in [0.717, 1.165) is 5.39 Å². The molecule has 0 aliphatic rings. The van der Waals surface area contributed by atoms with E-state index in [1.807, 2.05) is 6.07 Å². The molecule has 2 nitrogen and oxygen atoms in total. The van der Waals surface area contributed by atoms with Gasteiger partial charge in [-0.25, -0.2) is 4.39 Å². The van der Waals surface area contributed by atoms with Crippen molar-refractivity contribution < 1.29 is 4.39 Å². The quantitative estimate of drug-likeness (QED) is 0.720. The zero-order valence-corrected chi connectivity index (χ0v) is 7.00. The van der Waals surface area contributed by atoms with Crippen LogP contribution in [0.1, 0.15) is 5.69 Å². The summed E-state index contributed by atoms with van der Waals surface area (Å²) >= 11 is 0. The molecule has 0 fully saturated rings. The van der Waals surface area contributed by atoms with E-state index in [9.17, 15) is 4.39 Å². The zero-order chi connectivity index (χ0) is 9.26. The van der Waals surface area contributed by atoms with Gasteiger partial charge in [-0.15, -0.1) is 0 Å². The summed E-state index contributed by atoms with van der Waals surface area (Å²) in [5.41, 5.74) is 6.11. The third-order valence-electron chi connectivity index (χ3n) is 1.98. The van der Waals surface area contributed by atoms with Crippen LogP contribution in [0.2, 0.25) is 0 Å². The number of aromatic nitrogens is 1. The molecule has 66 valence electrons. The van der Waals surface area contributed by atoms with Gasteiger partial charge in [0.05, 0.1) is 5.69 Å². The highest BCUT2D eigenvalue weighted by Gasteiger charge is 2.00. The van der Waals surface area contributed by atoms with Crippen LogP contribution in [-0.2, 0) is 6.54 Å². The Hall–Kier alpha value is -1.48. The molecule has 2 N–H and O–H groups in total. The summed E-state index contributed by atoms with van der Waals surface area (Å²) in [6.07, 6.45) is 1.64. The lowest BCUT2D eigenvalue weighted by atomic mass is 10.1. The van der Waals surface area contributed by atoms with Crippen molar-refractivity contribution in [1.29, 1.82) is 0 Å². The highest BCUT2D eigenvalue weighted by Crippen LogP contribution is 2.17. The van der Waals surface area contributed by atoms with Crippen molar-refractivity contribution in [2.24, 2.45) is 5.73 Å². The van der Waals surface area contributed by atoms with Crippen molar-refractivity contribution in [2.75, 3.05) is 0 Å². The maximum absolute atomic E-state index is 13.2. The maximum Gasteiger partial charge on any atom is 0.131 e. The molecule has 1 heterocycles. The third kappa shape index (κ3) is 1.38. The van der Waals surface area contributed by atoms with Crippen LogP contribution in [0.15, 0.2) is 30.5 Å². The van der Waals surface area contributed by atoms with E-state index in [1.54, 1.807) is 18.3 Å². The van der Waals surface area contributed by atoms with Gasteiger partial charge >= 0.3 is 0 Å². The van der Waals surface area contributed by atoms with Gasteiger partial charge in [0.25, 0.3) is 0 Å². The maximum atomic E-state index is 13.2. The van der Waals surface area contributed by atoms with Crippen LogP contribution in [0, 0.1) is 5.82 Å². The molecule has 3 heteroatoms. The lowest BCUT2D eigenvalue weighted by Crippen LogP contribution is -1.99. The molecule has 13 heavy (non-hydrogen) atoms. The summed E-state index contributed by atoms with van der Waals surface area (Å²) in [7, 11) is 0. The molecule has 0 saturated heterocycles. The van der Waals surface area contributed by atoms with E-state index < -0.39 is 0 Å².